The number of nitrogens with one attached hydrogen (secondary N) is 1. The Kier molecular flexibility index (Phi) is 3.34. The number of hydrogen-bond donors (Lipinski definition) is 2. The van der Waals surface area contributed by atoms with E-state index in [0.29, 0.717) is 0 Å². The zero-order valence-electron chi connectivity index (χ0n) is 7.90. The van der Waals surface area contributed by atoms with Gasteiger partial charge in [0.2, 0.25) is 0 Å². The molecule has 0 aromatic heterocycles. The minimum Gasteiger partial charge on any atom is -0.353 e. The van der Waals surface area contributed by atoms with Crippen LogP contribution in [0.1, 0.15) is 20.3 Å². The van der Waals surface area contributed by atoms with Gasteiger partial charge in [0, 0.05) is 11.8 Å². The molecule has 0 spiro atoms. The molecule has 0 bridgehead atoms. The topological polar surface area (TPSA) is 32.1 Å². The third-order valence-corrected chi connectivity index (χ3v) is 2.61. The molecule has 0 amide bonds. The Bertz CT molecular complexity index is 104. The van der Waals surface area contributed by atoms with Gasteiger partial charge in [-0.2, -0.15) is 0 Å². The summed E-state index contributed by atoms with van der Waals surface area (Å²) in [6, 6.07) is 0. The van der Waals surface area contributed by atoms with Gasteiger partial charge in [0.1, 0.15) is 13.1 Å². The maximum atomic E-state index is 3.91. The Labute approximate surface area is 69.8 Å². The minimum absolute atomic E-state index is 0.931. The molecule has 1 rings (SSSR count). The maximum Gasteiger partial charge on any atom is 0.127 e. The minimum atomic E-state index is 0.931. The van der Waals surface area contributed by atoms with Crippen molar-refractivity contribution in [3.8, 4) is 0 Å². The monoisotopic (exact) mass is 158 g/mol. The highest BCUT2D eigenvalue weighted by Crippen LogP contribution is 2.11. The lowest BCUT2D eigenvalue weighted by Gasteiger charge is -2.31. The summed E-state index contributed by atoms with van der Waals surface area (Å²) in [4.78, 5) is 1.77. The van der Waals surface area contributed by atoms with Crippen LogP contribution in [0.2, 0.25) is 0 Å². The molecule has 0 saturated carbocycles. The molecule has 1 aliphatic rings. The largest absolute Gasteiger partial charge is 0.353 e. The molecule has 11 heavy (non-hydrogen) atoms. The van der Waals surface area contributed by atoms with Crippen molar-refractivity contribution in [2.24, 2.45) is 11.8 Å². The predicted octanol–water partition coefficient (Wildman–Crippen LogP) is -1.21. The Balaban J connectivity index is 2.30. The van der Waals surface area contributed by atoms with E-state index in [1.807, 2.05) is 0 Å². The molecule has 1 fully saturated rings. The molecule has 1 heterocycles. The van der Waals surface area contributed by atoms with Crippen LogP contribution < -0.4 is 10.6 Å². The Morgan fingerprint density at radius 3 is 2.27 bits per heavy atom. The van der Waals surface area contributed by atoms with Gasteiger partial charge in [0.25, 0.3) is 0 Å². The Hall–Kier alpha value is -0.0800. The summed E-state index contributed by atoms with van der Waals surface area (Å²) in [5.41, 5.74) is 3.91. The molecule has 0 aromatic rings. The normalized spacial score (nSPS) is 39.0. The van der Waals surface area contributed by atoms with E-state index in [-0.39, 0.29) is 0 Å². The molecule has 0 aromatic carbocycles. The van der Waals surface area contributed by atoms with Gasteiger partial charge in [0.05, 0.1) is 13.1 Å². The van der Waals surface area contributed by atoms with Gasteiger partial charge in [-0.3, -0.25) is 0 Å². The molecule has 0 radical (unpaired) electrons. The second-order valence-corrected chi connectivity index (χ2v) is 4.21. The van der Waals surface area contributed by atoms with Crippen LogP contribution in [0.15, 0.2) is 0 Å². The average Bonchev–Trinajstić information content (AvgIpc) is 1.85. The van der Waals surface area contributed by atoms with Crippen molar-refractivity contribution in [3.63, 3.8) is 0 Å². The van der Waals surface area contributed by atoms with E-state index in [4.69, 9.17) is 0 Å². The summed E-state index contributed by atoms with van der Waals surface area (Å²) in [6.07, 6.45) is 1.43. The molecule has 2 nitrogen and oxygen atoms in total. The fraction of sp³-hybridized carbons (Fsp3) is 1.00. The van der Waals surface area contributed by atoms with Crippen molar-refractivity contribution >= 4 is 0 Å². The van der Waals surface area contributed by atoms with Gasteiger partial charge >= 0.3 is 0 Å². The first kappa shape index (κ1) is 9.01. The highest BCUT2D eigenvalue weighted by Gasteiger charge is 2.24. The standard InChI is InChI=1S/C9H20N2/c1-8-5-9(2)7-11(6-8)4-3-10/h8-9H,3-7,10H2,1-2H3/p+2/t8-,9-/m1/s1. The van der Waals surface area contributed by atoms with Crippen LogP contribution in [0.5, 0.6) is 0 Å². The molecule has 1 aliphatic heterocycles. The highest BCUT2D eigenvalue weighted by atomic mass is 15.1. The maximum absolute atomic E-state index is 3.91. The smallest absolute Gasteiger partial charge is 0.127 e. The molecular weight excluding hydrogens is 136 g/mol. The molecule has 2 atom stereocenters. The van der Waals surface area contributed by atoms with Crippen molar-refractivity contribution in [1.82, 2.24) is 0 Å². The first-order chi connectivity index (χ1) is 5.22. The third-order valence-electron chi connectivity index (χ3n) is 2.61. The van der Waals surface area contributed by atoms with Gasteiger partial charge in [-0.05, 0) is 6.42 Å². The van der Waals surface area contributed by atoms with Crippen LogP contribution in [-0.2, 0) is 0 Å². The number of rotatable bonds is 2. The molecular formula is C9H22N2+2. The average molecular weight is 158 g/mol. The van der Waals surface area contributed by atoms with Crippen LogP contribution in [0.25, 0.3) is 0 Å². The van der Waals surface area contributed by atoms with Crippen molar-refractivity contribution < 1.29 is 10.6 Å². The van der Waals surface area contributed by atoms with Crippen LogP contribution in [0, 0.1) is 11.8 Å². The summed E-state index contributed by atoms with van der Waals surface area (Å²) in [5.74, 6) is 1.86. The van der Waals surface area contributed by atoms with Crippen molar-refractivity contribution in [2.75, 3.05) is 26.2 Å². The zero-order chi connectivity index (χ0) is 8.27. The first-order valence-corrected chi connectivity index (χ1v) is 4.85. The highest BCUT2D eigenvalue weighted by molar-refractivity contribution is 4.61. The predicted molar refractivity (Wildman–Crippen MR) is 46.3 cm³/mol. The van der Waals surface area contributed by atoms with E-state index in [1.165, 1.54) is 26.1 Å². The number of hydrogen-bond acceptors (Lipinski definition) is 0. The van der Waals surface area contributed by atoms with Gasteiger partial charge in [-0.1, -0.05) is 13.8 Å². The summed E-state index contributed by atoms with van der Waals surface area (Å²) in [6.45, 7) is 9.86. The lowest BCUT2D eigenvalue weighted by atomic mass is 9.92. The summed E-state index contributed by atoms with van der Waals surface area (Å²) in [5, 5.41) is 0. The lowest BCUT2D eigenvalue weighted by molar-refractivity contribution is -0.916. The van der Waals surface area contributed by atoms with Gasteiger partial charge in [-0.25, -0.2) is 0 Å². The van der Waals surface area contributed by atoms with E-state index in [1.54, 1.807) is 4.90 Å². The van der Waals surface area contributed by atoms with Gasteiger partial charge in [0.15, 0.2) is 0 Å². The molecule has 66 valence electrons. The zero-order valence-corrected chi connectivity index (χ0v) is 7.90. The summed E-state index contributed by atoms with van der Waals surface area (Å²) >= 11 is 0. The van der Waals surface area contributed by atoms with Crippen LogP contribution in [-0.4, -0.2) is 26.2 Å². The Morgan fingerprint density at radius 2 is 1.82 bits per heavy atom. The quantitative estimate of drug-likeness (QED) is 0.505. The fourth-order valence-corrected chi connectivity index (χ4v) is 2.38. The van der Waals surface area contributed by atoms with Crippen molar-refractivity contribution in [2.45, 2.75) is 20.3 Å². The Morgan fingerprint density at radius 1 is 1.27 bits per heavy atom. The lowest BCUT2D eigenvalue weighted by Crippen LogP contribution is -3.15. The third kappa shape index (κ3) is 2.80. The van der Waals surface area contributed by atoms with Crippen molar-refractivity contribution in [3.05, 3.63) is 0 Å². The van der Waals surface area contributed by atoms with E-state index in [2.05, 4.69) is 19.6 Å². The number of quaternary nitrogens is 2. The first-order valence-electron chi connectivity index (χ1n) is 4.85. The molecule has 1 saturated heterocycles. The van der Waals surface area contributed by atoms with Crippen LogP contribution in [0.4, 0.5) is 0 Å². The number of piperidine rings is 1. The van der Waals surface area contributed by atoms with Gasteiger partial charge in [-0.15, -0.1) is 0 Å². The second kappa shape index (κ2) is 4.07. The number of likely N-dealkylation sites (tertiary alicyclic amines) is 1. The molecule has 0 unspecified atom stereocenters. The fourth-order valence-electron chi connectivity index (χ4n) is 2.38. The van der Waals surface area contributed by atoms with Crippen LogP contribution >= 0.6 is 0 Å². The summed E-state index contributed by atoms with van der Waals surface area (Å²) < 4.78 is 0. The van der Waals surface area contributed by atoms with Crippen molar-refractivity contribution in [1.29, 1.82) is 0 Å². The van der Waals surface area contributed by atoms with Gasteiger partial charge < -0.3 is 10.6 Å². The van der Waals surface area contributed by atoms with E-state index >= 15 is 0 Å². The van der Waals surface area contributed by atoms with E-state index in [9.17, 15) is 0 Å². The molecule has 2 heteroatoms. The van der Waals surface area contributed by atoms with E-state index < -0.39 is 0 Å². The second-order valence-electron chi connectivity index (χ2n) is 4.21. The summed E-state index contributed by atoms with van der Waals surface area (Å²) in [7, 11) is 0. The SMILES string of the molecule is C[C@@H]1C[C@@H](C)C[NH+](CC[NH3+])C1. The molecule has 0 aliphatic carbocycles. The molecule has 4 N–H and O–H groups in total. The van der Waals surface area contributed by atoms with E-state index in [0.717, 1.165) is 18.4 Å². The van der Waals surface area contributed by atoms with Crippen LogP contribution in [0.3, 0.4) is 0 Å².